The molecule has 0 aliphatic heterocycles. The Labute approximate surface area is 145 Å². The lowest BCUT2D eigenvalue weighted by molar-refractivity contribution is -0.384. The first kappa shape index (κ1) is 19.2. The second-order valence-electron chi connectivity index (χ2n) is 5.37. The summed E-state index contributed by atoms with van der Waals surface area (Å²) in [6.07, 6.45) is -4.72. The second kappa shape index (κ2) is 7.42. The van der Waals surface area contributed by atoms with Crippen LogP contribution in [0.3, 0.4) is 0 Å². The van der Waals surface area contributed by atoms with Crippen LogP contribution in [0, 0.1) is 17.0 Å². The highest BCUT2D eigenvalue weighted by Gasteiger charge is 2.34. The van der Waals surface area contributed by atoms with Gasteiger partial charge in [-0.1, -0.05) is 0 Å². The third-order valence-corrected chi connectivity index (χ3v) is 3.44. The molecule has 140 valence electrons. The maximum Gasteiger partial charge on any atom is 0.435 e. The molecular weight excluding hydrogens is 357 g/mol. The number of carbonyl (C=O) groups is 1. The summed E-state index contributed by atoms with van der Waals surface area (Å²) < 4.78 is 43.9. The number of nitro benzene ring substituents is 1. The number of halogens is 3. The van der Waals surface area contributed by atoms with Crippen molar-refractivity contribution < 1.29 is 27.6 Å². The molecule has 0 atom stereocenters. The number of non-ortho nitro benzene ring substituents is 1. The van der Waals surface area contributed by atoms with Crippen molar-refractivity contribution in [2.24, 2.45) is 0 Å². The molecule has 2 aromatic rings. The van der Waals surface area contributed by atoms with Gasteiger partial charge in [0.1, 0.15) is 5.75 Å². The van der Waals surface area contributed by atoms with Gasteiger partial charge in [-0.3, -0.25) is 19.6 Å². The zero-order valence-corrected chi connectivity index (χ0v) is 13.8. The summed E-state index contributed by atoms with van der Waals surface area (Å²) >= 11 is 0. The molecular formula is C15H15F3N4O4. The maximum absolute atomic E-state index is 12.6. The minimum atomic E-state index is -4.56. The van der Waals surface area contributed by atoms with Gasteiger partial charge in [-0.15, -0.1) is 0 Å². The van der Waals surface area contributed by atoms with E-state index in [-0.39, 0.29) is 35.8 Å². The van der Waals surface area contributed by atoms with E-state index in [1.165, 1.54) is 26.2 Å². The summed E-state index contributed by atoms with van der Waals surface area (Å²) in [7, 11) is 1.32. The number of amides is 1. The van der Waals surface area contributed by atoms with Crippen molar-refractivity contribution >= 4 is 17.3 Å². The summed E-state index contributed by atoms with van der Waals surface area (Å²) in [5.74, 6) is -0.344. The SMILES string of the molecule is COc1cc(NC(=O)CCn2nc(C(F)(F)F)cc2C)cc([N+](=O)[O-])c1. The number of aromatic nitrogens is 2. The molecule has 1 aromatic carbocycles. The molecule has 0 radical (unpaired) electrons. The quantitative estimate of drug-likeness (QED) is 0.620. The largest absolute Gasteiger partial charge is 0.496 e. The molecule has 0 aliphatic carbocycles. The van der Waals surface area contributed by atoms with E-state index in [0.717, 1.165) is 16.8 Å². The number of nitro groups is 1. The van der Waals surface area contributed by atoms with E-state index in [4.69, 9.17) is 4.74 Å². The van der Waals surface area contributed by atoms with Crippen molar-refractivity contribution in [1.29, 1.82) is 0 Å². The second-order valence-corrected chi connectivity index (χ2v) is 5.37. The summed E-state index contributed by atoms with van der Waals surface area (Å²) in [5.41, 5.74) is -0.882. The average molecular weight is 372 g/mol. The van der Waals surface area contributed by atoms with Crippen LogP contribution in [-0.2, 0) is 17.5 Å². The van der Waals surface area contributed by atoms with Crippen molar-refractivity contribution in [3.8, 4) is 5.75 Å². The Morgan fingerprint density at radius 2 is 2.04 bits per heavy atom. The molecule has 1 aromatic heterocycles. The third-order valence-electron chi connectivity index (χ3n) is 3.44. The minimum absolute atomic E-state index is 0.0696. The summed E-state index contributed by atoms with van der Waals surface area (Å²) in [5, 5.41) is 16.8. The van der Waals surface area contributed by atoms with Gasteiger partial charge in [-0.05, 0) is 13.0 Å². The van der Waals surface area contributed by atoms with Crippen LogP contribution in [0.2, 0.25) is 0 Å². The van der Waals surface area contributed by atoms with Crippen LogP contribution in [0.4, 0.5) is 24.5 Å². The van der Waals surface area contributed by atoms with Crippen LogP contribution in [-0.4, -0.2) is 27.7 Å². The molecule has 0 aliphatic rings. The molecule has 26 heavy (non-hydrogen) atoms. The predicted octanol–water partition coefficient (Wildman–Crippen LogP) is 3.16. The van der Waals surface area contributed by atoms with Gasteiger partial charge in [0.15, 0.2) is 5.69 Å². The van der Waals surface area contributed by atoms with E-state index in [1.54, 1.807) is 0 Å². The van der Waals surface area contributed by atoms with Gasteiger partial charge in [-0.2, -0.15) is 18.3 Å². The zero-order valence-electron chi connectivity index (χ0n) is 13.8. The van der Waals surface area contributed by atoms with Gasteiger partial charge in [0.25, 0.3) is 5.69 Å². The number of nitrogens with zero attached hydrogens (tertiary/aromatic N) is 3. The summed E-state index contributed by atoms with van der Waals surface area (Å²) in [4.78, 5) is 22.2. The van der Waals surface area contributed by atoms with Crippen molar-refractivity contribution in [1.82, 2.24) is 9.78 Å². The first-order chi connectivity index (χ1) is 12.1. The number of alkyl halides is 3. The van der Waals surface area contributed by atoms with E-state index in [2.05, 4.69) is 10.4 Å². The lowest BCUT2D eigenvalue weighted by atomic mass is 10.2. The van der Waals surface area contributed by atoms with Gasteiger partial charge in [-0.25, -0.2) is 0 Å². The van der Waals surface area contributed by atoms with Crippen LogP contribution in [0.25, 0.3) is 0 Å². The summed E-state index contributed by atoms with van der Waals surface area (Å²) in [6, 6.07) is 4.64. The molecule has 1 amide bonds. The topological polar surface area (TPSA) is 99.3 Å². The fourth-order valence-corrected chi connectivity index (χ4v) is 2.18. The van der Waals surface area contributed by atoms with Crippen LogP contribution in [0.1, 0.15) is 17.8 Å². The van der Waals surface area contributed by atoms with Crippen molar-refractivity contribution in [2.75, 3.05) is 12.4 Å². The Hall–Kier alpha value is -3.11. The lowest BCUT2D eigenvalue weighted by Gasteiger charge is -2.08. The molecule has 11 heteroatoms. The normalized spacial score (nSPS) is 11.3. The maximum atomic E-state index is 12.6. The molecule has 0 fully saturated rings. The van der Waals surface area contributed by atoms with Crippen LogP contribution in [0.5, 0.6) is 5.75 Å². The zero-order chi connectivity index (χ0) is 19.5. The lowest BCUT2D eigenvalue weighted by Crippen LogP contribution is -2.16. The van der Waals surface area contributed by atoms with Gasteiger partial charge in [0.05, 0.1) is 23.8 Å². The Morgan fingerprint density at radius 3 is 2.58 bits per heavy atom. The highest BCUT2D eigenvalue weighted by atomic mass is 19.4. The number of benzene rings is 1. The molecule has 0 saturated carbocycles. The Balaban J connectivity index is 2.05. The average Bonchev–Trinajstić information content (AvgIpc) is 2.93. The van der Waals surface area contributed by atoms with Crippen LogP contribution < -0.4 is 10.1 Å². The van der Waals surface area contributed by atoms with Gasteiger partial charge in [0.2, 0.25) is 5.91 Å². The number of ether oxygens (including phenoxy) is 1. The molecule has 8 nitrogen and oxygen atoms in total. The van der Waals surface area contributed by atoms with E-state index < -0.39 is 22.7 Å². The standard InChI is InChI=1S/C15H15F3N4O4/c1-9-5-13(15(16,17)18)20-21(9)4-3-14(23)19-10-6-11(22(24)25)8-12(7-10)26-2/h5-8H,3-4H2,1-2H3,(H,19,23). The molecule has 0 unspecified atom stereocenters. The number of rotatable bonds is 6. The smallest absolute Gasteiger partial charge is 0.435 e. The fraction of sp³-hybridized carbons (Fsp3) is 0.333. The van der Waals surface area contributed by atoms with E-state index >= 15 is 0 Å². The van der Waals surface area contributed by atoms with Crippen LogP contribution >= 0.6 is 0 Å². The Kier molecular flexibility index (Phi) is 5.48. The van der Waals surface area contributed by atoms with Crippen molar-refractivity contribution in [2.45, 2.75) is 26.1 Å². The molecule has 1 heterocycles. The highest BCUT2D eigenvalue weighted by Crippen LogP contribution is 2.28. The first-order valence-corrected chi connectivity index (χ1v) is 7.35. The Bertz CT molecular complexity index is 833. The van der Waals surface area contributed by atoms with E-state index in [1.807, 2.05) is 0 Å². The molecule has 0 bridgehead atoms. The number of carbonyl (C=O) groups excluding carboxylic acids is 1. The monoisotopic (exact) mass is 372 g/mol. The molecule has 0 spiro atoms. The van der Waals surface area contributed by atoms with Gasteiger partial charge < -0.3 is 10.1 Å². The van der Waals surface area contributed by atoms with Crippen molar-refractivity contribution in [3.05, 3.63) is 45.8 Å². The minimum Gasteiger partial charge on any atom is -0.496 e. The molecule has 2 rings (SSSR count). The summed E-state index contributed by atoms with van der Waals surface area (Å²) in [6.45, 7) is 1.38. The number of anilines is 1. The molecule has 1 N–H and O–H groups in total. The Morgan fingerprint density at radius 1 is 1.35 bits per heavy atom. The van der Waals surface area contributed by atoms with E-state index in [0.29, 0.717) is 0 Å². The first-order valence-electron chi connectivity index (χ1n) is 7.35. The molecule has 0 saturated heterocycles. The van der Waals surface area contributed by atoms with Gasteiger partial charge in [0, 0.05) is 30.8 Å². The van der Waals surface area contributed by atoms with E-state index in [9.17, 15) is 28.1 Å². The van der Waals surface area contributed by atoms with Gasteiger partial charge >= 0.3 is 6.18 Å². The highest BCUT2D eigenvalue weighted by molar-refractivity contribution is 5.91. The number of methoxy groups -OCH3 is 1. The number of aryl methyl sites for hydroxylation is 2. The number of hydrogen-bond acceptors (Lipinski definition) is 5. The van der Waals surface area contributed by atoms with Crippen molar-refractivity contribution in [3.63, 3.8) is 0 Å². The third kappa shape index (κ3) is 4.71. The fourth-order valence-electron chi connectivity index (χ4n) is 2.18. The van der Waals surface area contributed by atoms with Crippen LogP contribution in [0.15, 0.2) is 24.3 Å². The number of hydrogen-bond donors (Lipinski definition) is 1. The number of nitrogens with one attached hydrogen (secondary N) is 1. The predicted molar refractivity (Wildman–Crippen MR) is 84.9 cm³/mol.